The molecular weight excluding hydrogens is 386 g/mol. The molecule has 2 aromatic heterocycles. The molecule has 0 bridgehead atoms. The summed E-state index contributed by atoms with van der Waals surface area (Å²) in [4.78, 5) is 20.9. The van der Waals surface area contributed by atoms with E-state index in [1.807, 2.05) is 85.8 Å². The van der Waals surface area contributed by atoms with Crippen LogP contribution in [0.25, 0.3) is 28.0 Å². The highest BCUT2D eigenvalue weighted by Gasteiger charge is 2.19. The Hall–Kier alpha value is -4.19. The minimum atomic E-state index is -0.195. The molecule has 3 aromatic carbocycles. The minimum absolute atomic E-state index is 0.195. The number of fused-ring (bicyclic) bond motifs is 1. The number of imidazole rings is 1. The van der Waals surface area contributed by atoms with Gasteiger partial charge in [0.2, 0.25) is 0 Å². The second-order valence-electron chi connectivity index (χ2n) is 7.42. The molecule has 0 aliphatic carbocycles. The van der Waals surface area contributed by atoms with Crippen LogP contribution in [0.4, 0.5) is 0 Å². The fourth-order valence-electron chi connectivity index (χ4n) is 3.61. The Bertz CT molecular complexity index is 1330. The predicted molar refractivity (Wildman–Crippen MR) is 121 cm³/mol. The molecule has 0 aliphatic rings. The molecule has 0 saturated carbocycles. The number of carbonyl (C=O) groups is 1. The Morgan fingerprint density at radius 3 is 2.61 bits per heavy atom. The highest BCUT2D eigenvalue weighted by atomic mass is 16.1. The fraction of sp³-hybridized carbons (Fsp3) is 0.0800. The Labute approximate surface area is 179 Å². The maximum Gasteiger partial charge on any atom is 0.255 e. The zero-order chi connectivity index (χ0) is 21.2. The second-order valence-corrected chi connectivity index (χ2v) is 7.42. The number of carbonyl (C=O) groups excluding carboxylic acids is 1. The van der Waals surface area contributed by atoms with E-state index >= 15 is 0 Å². The number of amides is 1. The van der Waals surface area contributed by atoms with Crippen LogP contribution in [-0.4, -0.2) is 25.7 Å². The molecule has 2 heterocycles. The number of aryl methyl sites for hydroxylation is 1. The first-order valence-electron chi connectivity index (χ1n) is 10.1. The van der Waals surface area contributed by atoms with Crippen LogP contribution in [0.5, 0.6) is 0 Å². The molecule has 0 unspecified atom stereocenters. The van der Waals surface area contributed by atoms with Gasteiger partial charge in [0, 0.05) is 11.8 Å². The lowest BCUT2D eigenvalue weighted by Gasteiger charge is -2.04. The van der Waals surface area contributed by atoms with E-state index in [0.29, 0.717) is 23.6 Å². The summed E-state index contributed by atoms with van der Waals surface area (Å²) >= 11 is 0. The molecule has 2 N–H and O–H groups in total. The number of benzene rings is 3. The Morgan fingerprint density at radius 1 is 1.00 bits per heavy atom. The van der Waals surface area contributed by atoms with Crippen LogP contribution in [0.3, 0.4) is 0 Å². The zero-order valence-corrected chi connectivity index (χ0v) is 17.0. The quantitative estimate of drug-likeness (QED) is 0.445. The monoisotopic (exact) mass is 407 g/mol. The largest absolute Gasteiger partial charge is 0.345 e. The van der Waals surface area contributed by atoms with Crippen LogP contribution < -0.4 is 5.32 Å². The molecule has 5 aromatic rings. The van der Waals surface area contributed by atoms with E-state index in [9.17, 15) is 4.79 Å². The summed E-state index contributed by atoms with van der Waals surface area (Å²) < 4.78 is 1.74. The summed E-state index contributed by atoms with van der Waals surface area (Å²) in [5.74, 6) is 0.515. The highest BCUT2D eigenvalue weighted by molar-refractivity contribution is 6.00. The van der Waals surface area contributed by atoms with Gasteiger partial charge in [-0.15, -0.1) is 0 Å². The number of nitrogens with one attached hydrogen (secondary N) is 2. The Balaban J connectivity index is 1.47. The maximum absolute atomic E-state index is 13.2. The average Bonchev–Trinajstić information content (AvgIpc) is 3.42. The number of hydrogen-bond acceptors (Lipinski definition) is 3. The van der Waals surface area contributed by atoms with Crippen molar-refractivity contribution in [1.82, 2.24) is 25.1 Å². The molecule has 5 rings (SSSR count). The topological polar surface area (TPSA) is 75.6 Å². The fourth-order valence-corrected chi connectivity index (χ4v) is 3.61. The van der Waals surface area contributed by atoms with Crippen LogP contribution in [0.2, 0.25) is 0 Å². The molecule has 0 atom stereocenters. The molecule has 0 radical (unpaired) electrons. The number of nitrogens with zero attached hydrogens (tertiary/aromatic N) is 3. The van der Waals surface area contributed by atoms with E-state index in [1.54, 1.807) is 10.9 Å². The van der Waals surface area contributed by atoms with Gasteiger partial charge in [-0.25, -0.2) is 9.67 Å². The zero-order valence-electron chi connectivity index (χ0n) is 17.0. The van der Waals surface area contributed by atoms with Gasteiger partial charge in [-0.1, -0.05) is 54.1 Å². The lowest BCUT2D eigenvalue weighted by atomic mass is 10.1. The average molecular weight is 407 g/mol. The van der Waals surface area contributed by atoms with Gasteiger partial charge in [0.15, 0.2) is 0 Å². The van der Waals surface area contributed by atoms with Crippen molar-refractivity contribution in [3.8, 4) is 16.9 Å². The van der Waals surface area contributed by atoms with E-state index < -0.39 is 0 Å². The third-order valence-electron chi connectivity index (χ3n) is 5.13. The standard InChI is InChI=1S/C25H21N5O/c1-17-8-7-9-18(14-17)24-20(16-30(29-24)19-10-3-2-4-11-19)25(31)26-15-23-27-21-12-5-6-13-22(21)28-23/h2-14,16H,15H2,1H3,(H,26,31)(H,27,28). The van der Waals surface area contributed by atoms with Crippen molar-refractivity contribution >= 4 is 16.9 Å². The number of aromatic amines is 1. The van der Waals surface area contributed by atoms with E-state index in [-0.39, 0.29) is 5.91 Å². The summed E-state index contributed by atoms with van der Waals surface area (Å²) in [6, 6.07) is 25.6. The molecule has 6 heteroatoms. The van der Waals surface area contributed by atoms with E-state index in [0.717, 1.165) is 27.8 Å². The van der Waals surface area contributed by atoms with Gasteiger partial charge in [0.25, 0.3) is 5.91 Å². The molecule has 31 heavy (non-hydrogen) atoms. The molecule has 0 saturated heterocycles. The summed E-state index contributed by atoms with van der Waals surface area (Å²) in [7, 11) is 0. The third-order valence-corrected chi connectivity index (χ3v) is 5.13. The summed E-state index contributed by atoms with van der Waals surface area (Å²) in [6.07, 6.45) is 1.78. The lowest BCUT2D eigenvalue weighted by molar-refractivity contribution is 0.0950. The molecule has 1 amide bonds. The number of aromatic nitrogens is 4. The summed E-state index contributed by atoms with van der Waals surface area (Å²) in [6.45, 7) is 2.33. The number of H-pyrrole nitrogens is 1. The van der Waals surface area contributed by atoms with Gasteiger partial charge in [-0.05, 0) is 37.3 Å². The van der Waals surface area contributed by atoms with Crippen molar-refractivity contribution in [3.05, 3.63) is 102 Å². The first kappa shape index (κ1) is 18.8. The first-order chi connectivity index (χ1) is 15.2. The highest BCUT2D eigenvalue weighted by Crippen LogP contribution is 2.25. The van der Waals surface area contributed by atoms with Crippen LogP contribution in [-0.2, 0) is 6.54 Å². The van der Waals surface area contributed by atoms with Crippen LogP contribution in [0.1, 0.15) is 21.7 Å². The molecular formula is C25H21N5O. The second kappa shape index (κ2) is 7.91. The maximum atomic E-state index is 13.2. The van der Waals surface area contributed by atoms with Crippen molar-refractivity contribution in [2.24, 2.45) is 0 Å². The van der Waals surface area contributed by atoms with Gasteiger partial charge in [-0.3, -0.25) is 4.79 Å². The van der Waals surface area contributed by atoms with Gasteiger partial charge < -0.3 is 10.3 Å². The van der Waals surface area contributed by atoms with Crippen LogP contribution in [0, 0.1) is 6.92 Å². The van der Waals surface area contributed by atoms with Crippen molar-refractivity contribution < 1.29 is 4.79 Å². The Kier molecular flexibility index (Phi) is 4.80. The number of para-hydroxylation sites is 3. The van der Waals surface area contributed by atoms with Gasteiger partial charge in [0.1, 0.15) is 11.5 Å². The predicted octanol–water partition coefficient (Wildman–Crippen LogP) is 4.65. The van der Waals surface area contributed by atoms with E-state index in [1.165, 1.54) is 0 Å². The van der Waals surface area contributed by atoms with Crippen LogP contribution in [0.15, 0.2) is 85.1 Å². The molecule has 6 nitrogen and oxygen atoms in total. The Morgan fingerprint density at radius 2 is 1.81 bits per heavy atom. The summed E-state index contributed by atoms with van der Waals surface area (Å²) in [5, 5.41) is 7.71. The normalized spacial score (nSPS) is 11.0. The molecule has 0 spiro atoms. The number of hydrogen-bond donors (Lipinski definition) is 2. The molecule has 0 aliphatic heterocycles. The van der Waals surface area contributed by atoms with Gasteiger partial charge >= 0.3 is 0 Å². The van der Waals surface area contributed by atoms with Gasteiger partial charge in [-0.2, -0.15) is 5.10 Å². The van der Waals surface area contributed by atoms with E-state index in [2.05, 4.69) is 15.3 Å². The van der Waals surface area contributed by atoms with Crippen molar-refractivity contribution in [2.45, 2.75) is 13.5 Å². The summed E-state index contributed by atoms with van der Waals surface area (Å²) in [5.41, 5.74) is 5.91. The lowest BCUT2D eigenvalue weighted by Crippen LogP contribution is -2.23. The third kappa shape index (κ3) is 3.83. The number of rotatable bonds is 5. The van der Waals surface area contributed by atoms with E-state index in [4.69, 9.17) is 5.10 Å². The van der Waals surface area contributed by atoms with Crippen molar-refractivity contribution in [3.63, 3.8) is 0 Å². The van der Waals surface area contributed by atoms with Crippen LogP contribution >= 0.6 is 0 Å². The first-order valence-corrected chi connectivity index (χ1v) is 10.1. The molecule has 0 fully saturated rings. The van der Waals surface area contributed by atoms with Crippen molar-refractivity contribution in [1.29, 1.82) is 0 Å². The minimum Gasteiger partial charge on any atom is -0.345 e. The molecule has 152 valence electrons. The smallest absolute Gasteiger partial charge is 0.255 e. The SMILES string of the molecule is Cc1cccc(-c2nn(-c3ccccc3)cc2C(=O)NCc2nc3ccccc3[nH]2)c1. The van der Waals surface area contributed by atoms with Crippen molar-refractivity contribution in [2.75, 3.05) is 0 Å². The van der Waals surface area contributed by atoms with Gasteiger partial charge in [0.05, 0.1) is 28.8 Å².